The molecule has 1 saturated heterocycles. The van der Waals surface area contributed by atoms with E-state index in [2.05, 4.69) is 15.4 Å². The number of nitrogens with one attached hydrogen (secondary N) is 1. The maximum atomic E-state index is 13.0. The molecule has 1 spiro atoms. The lowest BCUT2D eigenvalue weighted by atomic mass is 9.98. The van der Waals surface area contributed by atoms with Crippen LogP contribution >= 0.6 is 0 Å². The quantitative estimate of drug-likeness (QED) is 0.660. The van der Waals surface area contributed by atoms with E-state index < -0.39 is 5.60 Å². The van der Waals surface area contributed by atoms with Crippen LogP contribution in [-0.2, 0) is 16.1 Å². The van der Waals surface area contributed by atoms with Crippen LogP contribution in [0.2, 0.25) is 0 Å². The zero-order valence-electron chi connectivity index (χ0n) is 16.5. The zero-order chi connectivity index (χ0) is 20.7. The molecule has 1 aromatic carbocycles. The molecule has 1 amide bonds. The van der Waals surface area contributed by atoms with Gasteiger partial charge in [0, 0.05) is 37.2 Å². The first-order chi connectivity index (χ1) is 14.7. The molecule has 4 heterocycles. The number of anilines is 1. The van der Waals surface area contributed by atoms with Gasteiger partial charge in [0.15, 0.2) is 6.19 Å². The van der Waals surface area contributed by atoms with E-state index in [1.165, 1.54) is 0 Å². The molecule has 9 heteroatoms. The molecule has 2 aromatic heterocycles. The van der Waals surface area contributed by atoms with Crippen molar-refractivity contribution < 1.29 is 14.3 Å². The fraction of sp³-hybridized carbons (Fsp3) is 0.333. The van der Waals surface area contributed by atoms with Crippen molar-refractivity contribution in [2.45, 2.75) is 18.6 Å². The number of ether oxygens (including phenoxy) is 2. The second-order valence-electron chi connectivity index (χ2n) is 7.41. The van der Waals surface area contributed by atoms with Crippen molar-refractivity contribution in [3.05, 3.63) is 36.7 Å². The Balaban J connectivity index is 1.59. The fourth-order valence-electron chi connectivity index (χ4n) is 4.12. The van der Waals surface area contributed by atoms with Crippen LogP contribution in [0.5, 0.6) is 5.88 Å². The molecule has 152 valence electrons. The Morgan fingerprint density at radius 2 is 2.30 bits per heavy atom. The van der Waals surface area contributed by atoms with E-state index >= 15 is 0 Å². The van der Waals surface area contributed by atoms with Crippen LogP contribution in [0.1, 0.15) is 6.42 Å². The number of hydrogen-bond acceptors (Lipinski definition) is 7. The average molecular weight is 404 g/mol. The van der Waals surface area contributed by atoms with Gasteiger partial charge in [0.05, 0.1) is 24.9 Å². The standard InChI is InChI=1S/C21H20N6O3/c1-29-8-7-27-17-4-2-3-15(16(17)11-25-27)14-9-18-19(24-10-14)30-21(5-6-23-12-21)20(28)26(18)13-22/h2-4,9-11,23H,5-8,12H2,1H3. The Bertz CT molecular complexity index is 1180. The van der Waals surface area contributed by atoms with E-state index in [1.807, 2.05) is 35.3 Å². The van der Waals surface area contributed by atoms with E-state index in [-0.39, 0.29) is 5.91 Å². The van der Waals surface area contributed by atoms with E-state index in [0.29, 0.717) is 44.2 Å². The number of nitrogens with zero attached hydrogens (tertiary/aromatic N) is 5. The second kappa shape index (κ2) is 7.09. The summed E-state index contributed by atoms with van der Waals surface area (Å²) in [5.74, 6) is -0.0568. The molecule has 9 nitrogen and oxygen atoms in total. The number of nitriles is 1. The molecule has 1 unspecified atom stereocenters. The summed E-state index contributed by atoms with van der Waals surface area (Å²) in [6.07, 6.45) is 6.03. The predicted molar refractivity (Wildman–Crippen MR) is 109 cm³/mol. The lowest BCUT2D eigenvalue weighted by molar-refractivity contribution is -0.133. The molecule has 0 aliphatic carbocycles. The van der Waals surface area contributed by atoms with Gasteiger partial charge in [0.1, 0.15) is 5.69 Å². The highest BCUT2D eigenvalue weighted by molar-refractivity contribution is 6.06. The van der Waals surface area contributed by atoms with Crippen molar-refractivity contribution in [3.63, 3.8) is 0 Å². The molecule has 30 heavy (non-hydrogen) atoms. The summed E-state index contributed by atoms with van der Waals surface area (Å²) in [4.78, 5) is 18.6. The zero-order valence-corrected chi connectivity index (χ0v) is 16.5. The van der Waals surface area contributed by atoms with Crippen molar-refractivity contribution in [3.8, 4) is 23.2 Å². The van der Waals surface area contributed by atoms with Crippen LogP contribution in [0.25, 0.3) is 22.0 Å². The Kier molecular flexibility index (Phi) is 4.38. The van der Waals surface area contributed by atoms with Crippen LogP contribution in [0.4, 0.5) is 5.69 Å². The molecular formula is C21H20N6O3. The van der Waals surface area contributed by atoms with E-state index in [0.717, 1.165) is 26.9 Å². The third-order valence-corrected chi connectivity index (χ3v) is 5.68. The number of rotatable bonds is 4. The lowest BCUT2D eigenvalue weighted by Gasteiger charge is -2.36. The normalized spacial score (nSPS) is 20.4. The number of benzene rings is 1. The number of amides is 1. The Hall–Kier alpha value is -3.48. The van der Waals surface area contributed by atoms with Crippen molar-refractivity contribution in [1.29, 1.82) is 5.26 Å². The van der Waals surface area contributed by atoms with Crippen molar-refractivity contribution in [2.75, 3.05) is 31.7 Å². The number of carbonyl (C=O) groups is 1. The maximum Gasteiger partial charge on any atom is 0.286 e. The number of methoxy groups -OCH3 is 1. The highest BCUT2D eigenvalue weighted by atomic mass is 16.5. The lowest BCUT2D eigenvalue weighted by Crippen LogP contribution is -2.56. The highest BCUT2D eigenvalue weighted by Crippen LogP contribution is 2.41. The molecule has 1 atom stereocenters. The summed E-state index contributed by atoms with van der Waals surface area (Å²) in [5, 5.41) is 18.3. The molecular weight excluding hydrogens is 384 g/mol. The minimum Gasteiger partial charge on any atom is -0.458 e. The maximum absolute atomic E-state index is 13.0. The Morgan fingerprint density at radius 1 is 1.40 bits per heavy atom. The molecule has 0 radical (unpaired) electrons. The average Bonchev–Trinajstić information content (AvgIpc) is 3.41. The number of carbonyl (C=O) groups excluding carboxylic acids is 1. The van der Waals surface area contributed by atoms with Gasteiger partial charge in [0.25, 0.3) is 5.91 Å². The van der Waals surface area contributed by atoms with Gasteiger partial charge in [-0.3, -0.25) is 9.48 Å². The molecule has 1 fully saturated rings. The van der Waals surface area contributed by atoms with Crippen molar-refractivity contribution >= 4 is 22.5 Å². The first-order valence-corrected chi connectivity index (χ1v) is 9.75. The Morgan fingerprint density at radius 3 is 3.07 bits per heavy atom. The van der Waals surface area contributed by atoms with Crippen molar-refractivity contribution in [1.82, 2.24) is 20.1 Å². The number of pyridine rings is 1. The summed E-state index contributed by atoms with van der Waals surface area (Å²) >= 11 is 0. The van der Waals surface area contributed by atoms with Crippen LogP contribution in [0.15, 0.2) is 36.7 Å². The molecule has 5 rings (SSSR count). The monoisotopic (exact) mass is 404 g/mol. The number of aromatic nitrogens is 3. The third kappa shape index (κ3) is 2.73. The molecule has 2 aliphatic rings. The third-order valence-electron chi connectivity index (χ3n) is 5.68. The summed E-state index contributed by atoms with van der Waals surface area (Å²) in [5.41, 5.74) is 1.98. The Labute approximate surface area is 172 Å². The molecule has 2 aliphatic heterocycles. The topological polar surface area (TPSA) is 105 Å². The summed E-state index contributed by atoms with van der Waals surface area (Å²) in [7, 11) is 1.66. The van der Waals surface area contributed by atoms with Gasteiger partial charge in [-0.1, -0.05) is 12.1 Å². The van der Waals surface area contributed by atoms with Gasteiger partial charge >= 0.3 is 0 Å². The van der Waals surface area contributed by atoms with E-state index in [9.17, 15) is 10.1 Å². The molecule has 0 saturated carbocycles. The number of fused-ring (bicyclic) bond motifs is 2. The number of hydrogen-bond donors (Lipinski definition) is 1. The van der Waals surface area contributed by atoms with Crippen LogP contribution < -0.4 is 15.0 Å². The summed E-state index contributed by atoms with van der Waals surface area (Å²) in [6.45, 7) is 2.24. The van der Waals surface area contributed by atoms with Crippen LogP contribution in [0, 0.1) is 11.5 Å². The molecule has 0 bridgehead atoms. The summed E-state index contributed by atoms with van der Waals surface area (Å²) < 4.78 is 13.1. The predicted octanol–water partition coefficient (Wildman–Crippen LogP) is 1.68. The first kappa shape index (κ1) is 18.5. The van der Waals surface area contributed by atoms with Gasteiger partial charge in [-0.2, -0.15) is 10.4 Å². The van der Waals surface area contributed by atoms with Crippen LogP contribution in [0.3, 0.4) is 0 Å². The minimum atomic E-state index is -1.06. The van der Waals surface area contributed by atoms with Gasteiger partial charge in [-0.05, 0) is 24.2 Å². The SMILES string of the molecule is COCCn1ncc2c(-c3cnc4c(c3)N(C#N)C(=O)C3(CCNC3)O4)cccc21. The highest BCUT2D eigenvalue weighted by Gasteiger charge is 2.51. The van der Waals surface area contributed by atoms with Gasteiger partial charge < -0.3 is 14.8 Å². The smallest absolute Gasteiger partial charge is 0.286 e. The first-order valence-electron chi connectivity index (χ1n) is 9.75. The molecule has 1 N–H and O–H groups in total. The minimum absolute atomic E-state index is 0.298. The summed E-state index contributed by atoms with van der Waals surface area (Å²) in [6, 6.07) is 7.70. The largest absolute Gasteiger partial charge is 0.458 e. The van der Waals surface area contributed by atoms with E-state index in [1.54, 1.807) is 19.4 Å². The second-order valence-corrected chi connectivity index (χ2v) is 7.41. The van der Waals surface area contributed by atoms with Crippen LogP contribution in [-0.4, -0.2) is 53.1 Å². The van der Waals surface area contributed by atoms with Gasteiger partial charge in [-0.25, -0.2) is 9.88 Å². The van der Waals surface area contributed by atoms with E-state index in [4.69, 9.17) is 9.47 Å². The molecule has 3 aromatic rings. The van der Waals surface area contributed by atoms with Gasteiger partial charge in [0.2, 0.25) is 11.5 Å². The fourth-order valence-corrected chi connectivity index (χ4v) is 4.12. The van der Waals surface area contributed by atoms with Crippen molar-refractivity contribution in [2.24, 2.45) is 0 Å². The van der Waals surface area contributed by atoms with Gasteiger partial charge in [-0.15, -0.1) is 0 Å².